The molecular formula is C10H15NO6S. The fourth-order valence-corrected chi connectivity index (χ4v) is 2.83. The number of carbonyl (C=O) groups excluding carboxylic acids is 2. The van der Waals surface area contributed by atoms with Gasteiger partial charge in [-0.15, -0.1) is 0 Å². The summed E-state index contributed by atoms with van der Waals surface area (Å²) in [6.07, 6.45) is -0.461. The minimum atomic E-state index is -1.14. The van der Waals surface area contributed by atoms with E-state index in [0.29, 0.717) is 0 Å². The number of hydrogen-bond donors (Lipinski definition) is 3. The Bertz CT molecular complexity index is 347. The van der Waals surface area contributed by atoms with Crippen LogP contribution in [0.25, 0.3) is 0 Å². The first kappa shape index (κ1) is 14.8. The maximum absolute atomic E-state index is 11.0. The van der Waals surface area contributed by atoms with Gasteiger partial charge < -0.3 is 20.3 Å². The molecule has 0 aromatic heterocycles. The summed E-state index contributed by atoms with van der Waals surface area (Å²) in [6.45, 7) is 0.945. The number of thioether (sulfide) groups is 1. The van der Waals surface area contributed by atoms with Crippen LogP contribution in [0.15, 0.2) is 0 Å². The standard InChI is InChI=1S/C10H15NO6S/c1-5(13)11-6(10(15)16)4-18-8-2-9(14)17-7(8)3-12/h6-8,12H,2-4H2,1H3,(H,11,13)(H,15,16)/t6-,7+,8-/m0/s1/i9+2. The lowest BCUT2D eigenvalue weighted by Crippen LogP contribution is -2.42. The molecule has 1 amide bonds. The van der Waals surface area contributed by atoms with Crippen LogP contribution in [0.5, 0.6) is 0 Å². The zero-order valence-corrected chi connectivity index (χ0v) is 10.6. The summed E-state index contributed by atoms with van der Waals surface area (Å²) < 4.78 is 4.85. The van der Waals surface area contributed by atoms with Crippen LogP contribution in [-0.2, 0) is 19.1 Å². The highest BCUT2D eigenvalue weighted by atomic mass is 32.2. The molecule has 1 heterocycles. The van der Waals surface area contributed by atoms with Crippen molar-refractivity contribution in [2.75, 3.05) is 12.4 Å². The fraction of sp³-hybridized carbons (Fsp3) is 0.700. The van der Waals surface area contributed by atoms with E-state index in [0.717, 1.165) is 0 Å². The molecule has 0 spiro atoms. The second-order valence-electron chi connectivity index (χ2n) is 3.88. The maximum Gasteiger partial charge on any atom is 0.327 e. The Morgan fingerprint density at radius 3 is 2.78 bits per heavy atom. The summed E-state index contributed by atoms with van der Waals surface area (Å²) in [4.78, 5) is 32.8. The van der Waals surface area contributed by atoms with Crippen LogP contribution in [0.1, 0.15) is 13.3 Å². The molecule has 1 aliphatic rings. The number of carboxylic acid groups (broad SMARTS) is 1. The number of amides is 1. The van der Waals surface area contributed by atoms with Crippen LogP contribution >= 0.6 is 11.8 Å². The Morgan fingerprint density at radius 2 is 2.28 bits per heavy atom. The number of rotatable bonds is 6. The van der Waals surface area contributed by atoms with Gasteiger partial charge in [-0.1, -0.05) is 0 Å². The second-order valence-corrected chi connectivity index (χ2v) is 5.15. The predicted molar refractivity (Wildman–Crippen MR) is 63.1 cm³/mol. The summed E-state index contributed by atoms with van der Waals surface area (Å²) >= 11 is 1.20. The van der Waals surface area contributed by atoms with Crippen LogP contribution in [0.2, 0.25) is 0 Å². The first-order valence-corrected chi connectivity index (χ1v) is 6.40. The molecular weight excluding hydrogens is 264 g/mol. The normalized spacial score (nSPS) is 24.4. The number of hydrogen-bond acceptors (Lipinski definition) is 6. The van der Waals surface area contributed by atoms with Gasteiger partial charge in [-0.3, -0.25) is 9.59 Å². The minimum Gasteiger partial charge on any atom is -0.480 e. The second kappa shape index (κ2) is 6.60. The smallest absolute Gasteiger partial charge is 0.327 e. The van der Waals surface area contributed by atoms with Gasteiger partial charge >= 0.3 is 11.9 Å². The van der Waals surface area contributed by atoms with E-state index >= 15 is 0 Å². The summed E-state index contributed by atoms with van der Waals surface area (Å²) in [7, 11) is 0. The highest BCUT2D eigenvalue weighted by molar-refractivity contribution is 8.00. The van der Waals surface area contributed by atoms with Gasteiger partial charge in [0.25, 0.3) is 0 Å². The molecule has 3 atom stereocenters. The number of carbonyl (C=O) groups is 3. The van der Waals surface area contributed by atoms with Crippen LogP contribution in [-0.4, -0.2) is 57.8 Å². The summed E-state index contributed by atoms with van der Waals surface area (Å²) in [5, 5.41) is 19.9. The number of aliphatic carboxylic acids is 1. The quantitative estimate of drug-likeness (QED) is 0.534. The number of aliphatic hydroxyl groups excluding tert-OH is 1. The average molecular weight is 279 g/mol. The van der Waals surface area contributed by atoms with E-state index in [4.69, 9.17) is 14.9 Å². The van der Waals surface area contributed by atoms with Gasteiger partial charge in [0.05, 0.1) is 18.3 Å². The zero-order valence-electron chi connectivity index (χ0n) is 9.79. The Hall–Kier alpha value is -1.28. The van der Waals surface area contributed by atoms with Gasteiger partial charge in [0.2, 0.25) is 5.91 Å². The van der Waals surface area contributed by atoms with Gasteiger partial charge in [-0.2, -0.15) is 11.8 Å². The molecule has 18 heavy (non-hydrogen) atoms. The highest BCUT2D eigenvalue weighted by Gasteiger charge is 2.35. The van der Waals surface area contributed by atoms with E-state index < -0.39 is 30.0 Å². The van der Waals surface area contributed by atoms with Crippen molar-refractivity contribution >= 4 is 29.6 Å². The molecule has 0 aromatic rings. The van der Waals surface area contributed by atoms with Crippen LogP contribution in [0.4, 0.5) is 0 Å². The van der Waals surface area contributed by atoms with E-state index in [-0.39, 0.29) is 24.0 Å². The molecule has 1 rings (SSSR count). The highest BCUT2D eigenvalue weighted by Crippen LogP contribution is 2.27. The van der Waals surface area contributed by atoms with Gasteiger partial charge in [0, 0.05) is 12.7 Å². The third kappa shape index (κ3) is 4.19. The molecule has 0 aliphatic carbocycles. The maximum atomic E-state index is 11.0. The third-order valence-corrected chi connectivity index (χ3v) is 3.82. The molecule has 1 saturated heterocycles. The van der Waals surface area contributed by atoms with Crippen molar-refractivity contribution in [2.45, 2.75) is 30.7 Å². The zero-order chi connectivity index (χ0) is 13.7. The largest absolute Gasteiger partial charge is 0.480 e. The molecule has 0 unspecified atom stereocenters. The number of esters is 1. The van der Waals surface area contributed by atoms with E-state index in [9.17, 15) is 14.4 Å². The van der Waals surface area contributed by atoms with Crippen LogP contribution < -0.4 is 5.32 Å². The third-order valence-electron chi connectivity index (χ3n) is 2.40. The van der Waals surface area contributed by atoms with Gasteiger partial charge in [0.15, 0.2) is 0 Å². The Labute approximate surface area is 108 Å². The average Bonchev–Trinajstić information content (AvgIpc) is 2.64. The number of ether oxygens (including phenoxy) is 1. The molecule has 0 aromatic carbocycles. The van der Waals surface area contributed by atoms with E-state index in [1.807, 2.05) is 0 Å². The Kier molecular flexibility index (Phi) is 5.42. The van der Waals surface area contributed by atoms with Gasteiger partial charge in [0.1, 0.15) is 12.1 Å². The van der Waals surface area contributed by atoms with Crippen LogP contribution in [0, 0.1) is 0 Å². The monoisotopic (exact) mass is 279 g/mol. The number of aliphatic hydroxyl groups is 1. The molecule has 0 bridgehead atoms. The van der Waals surface area contributed by atoms with Crippen molar-refractivity contribution in [3.63, 3.8) is 0 Å². The topological polar surface area (TPSA) is 113 Å². The first-order valence-electron chi connectivity index (χ1n) is 5.36. The summed E-state index contributed by atoms with van der Waals surface area (Å²) in [5.74, 6) is -1.85. The lowest BCUT2D eigenvalue weighted by atomic mass is 10.3. The number of nitrogens with one attached hydrogen (secondary N) is 1. The molecule has 8 heteroatoms. The minimum absolute atomic E-state index is 0.118. The van der Waals surface area contributed by atoms with Crippen LogP contribution in [0.3, 0.4) is 0 Å². The van der Waals surface area contributed by atoms with Gasteiger partial charge in [-0.05, 0) is 0 Å². The molecule has 102 valence electrons. The van der Waals surface area contributed by atoms with Crippen molar-refractivity contribution in [1.29, 1.82) is 0 Å². The summed E-state index contributed by atoms with van der Waals surface area (Å²) in [6, 6.07) is -1.01. The number of cyclic esters (lactones) is 1. The lowest BCUT2D eigenvalue weighted by molar-refractivity contribution is -0.142. The molecule has 0 saturated carbocycles. The van der Waals surface area contributed by atoms with E-state index in [1.165, 1.54) is 18.7 Å². The first-order chi connectivity index (χ1) is 8.43. The van der Waals surface area contributed by atoms with E-state index in [1.54, 1.807) is 0 Å². The van der Waals surface area contributed by atoms with Gasteiger partial charge in [-0.25, -0.2) is 4.79 Å². The van der Waals surface area contributed by atoms with Crippen molar-refractivity contribution < 1.29 is 29.3 Å². The Morgan fingerprint density at radius 1 is 1.61 bits per heavy atom. The molecule has 3 N–H and O–H groups in total. The molecule has 7 nitrogen and oxygen atoms in total. The predicted octanol–water partition coefficient (Wildman–Crippen LogP) is -1.01. The molecule has 0 radical (unpaired) electrons. The number of carboxylic acids is 1. The van der Waals surface area contributed by atoms with E-state index in [2.05, 4.69) is 5.32 Å². The van der Waals surface area contributed by atoms with Crippen molar-refractivity contribution in [3.8, 4) is 0 Å². The molecule has 1 fully saturated rings. The fourth-order valence-electron chi connectivity index (χ4n) is 1.55. The molecule has 1 aliphatic heterocycles. The van der Waals surface area contributed by atoms with Crippen molar-refractivity contribution in [1.82, 2.24) is 5.32 Å². The Balaban J connectivity index is 2.48. The van der Waals surface area contributed by atoms with Crippen molar-refractivity contribution in [2.24, 2.45) is 0 Å². The lowest BCUT2D eigenvalue weighted by Gasteiger charge is -2.18. The van der Waals surface area contributed by atoms with Crippen molar-refractivity contribution in [3.05, 3.63) is 0 Å². The summed E-state index contributed by atoms with van der Waals surface area (Å²) in [5.41, 5.74) is 0. The SMILES string of the molecule is CC(=O)N[C@@H](CS[C@H]1C[14C](=O)O[C@@H]1CO)C(=O)O.